The highest BCUT2D eigenvalue weighted by atomic mass is 16.7. The van der Waals surface area contributed by atoms with E-state index in [9.17, 15) is 19.2 Å². The van der Waals surface area contributed by atoms with Crippen molar-refractivity contribution in [2.24, 2.45) is 10.8 Å². The maximum atomic E-state index is 12.1. The number of carbonyl (C=O) groups excluding carboxylic acids is 4. The molecule has 0 saturated heterocycles. The van der Waals surface area contributed by atoms with Gasteiger partial charge in [-0.05, 0) is 12.8 Å². The SMILES string of the molecule is C=CC(=O)OC(OC(=O)CCCCC(=O)OC(OC(=O)C=C)C(C)(C)C)C(C)(C)C. The van der Waals surface area contributed by atoms with Gasteiger partial charge in [-0.25, -0.2) is 9.59 Å². The Hall–Kier alpha value is -2.64. The first kappa shape index (κ1) is 27.4. The zero-order valence-corrected chi connectivity index (χ0v) is 18.8. The zero-order chi connectivity index (χ0) is 23.5. The summed E-state index contributed by atoms with van der Waals surface area (Å²) < 4.78 is 20.6. The van der Waals surface area contributed by atoms with E-state index >= 15 is 0 Å². The van der Waals surface area contributed by atoms with Crippen LogP contribution in [0.5, 0.6) is 0 Å². The third-order valence-electron chi connectivity index (χ3n) is 3.68. The molecule has 0 aromatic rings. The summed E-state index contributed by atoms with van der Waals surface area (Å²) in [6.45, 7) is 17.2. The predicted molar refractivity (Wildman–Crippen MR) is 110 cm³/mol. The Kier molecular flexibility index (Phi) is 11.1. The molecule has 0 bridgehead atoms. The quantitative estimate of drug-likeness (QED) is 0.212. The van der Waals surface area contributed by atoms with Crippen molar-refractivity contribution in [3.63, 3.8) is 0 Å². The van der Waals surface area contributed by atoms with Gasteiger partial charge in [0.25, 0.3) is 12.6 Å². The van der Waals surface area contributed by atoms with Crippen molar-refractivity contribution in [2.45, 2.75) is 79.8 Å². The Morgan fingerprint density at radius 1 is 0.667 bits per heavy atom. The van der Waals surface area contributed by atoms with Gasteiger partial charge in [-0.15, -0.1) is 0 Å². The topological polar surface area (TPSA) is 105 Å². The number of ether oxygens (including phenoxy) is 4. The van der Waals surface area contributed by atoms with Gasteiger partial charge >= 0.3 is 23.9 Å². The maximum Gasteiger partial charge on any atom is 0.333 e. The molecule has 2 unspecified atom stereocenters. The molecule has 0 spiro atoms. The highest BCUT2D eigenvalue weighted by molar-refractivity contribution is 5.82. The van der Waals surface area contributed by atoms with Crippen LogP contribution in [0.2, 0.25) is 0 Å². The lowest BCUT2D eigenvalue weighted by Crippen LogP contribution is -2.36. The molecule has 0 aromatic carbocycles. The number of rotatable bonds is 11. The van der Waals surface area contributed by atoms with Crippen molar-refractivity contribution >= 4 is 23.9 Å². The monoisotopic (exact) mass is 426 g/mol. The minimum atomic E-state index is -1.05. The molecule has 8 heteroatoms. The fourth-order valence-electron chi connectivity index (χ4n) is 1.96. The second kappa shape index (κ2) is 12.1. The van der Waals surface area contributed by atoms with E-state index in [-0.39, 0.29) is 12.8 Å². The highest BCUT2D eigenvalue weighted by Crippen LogP contribution is 2.25. The summed E-state index contributed by atoms with van der Waals surface area (Å²) in [6, 6.07) is 0. The minimum Gasteiger partial charge on any atom is -0.425 e. The Labute approximate surface area is 178 Å². The molecule has 0 aliphatic heterocycles. The molecule has 0 fully saturated rings. The minimum absolute atomic E-state index is 0.0413. The summed E-state index contributed by atoms with van der Waals surface area (Å²) in [5.74, 6) is -2.47. The van der Waals surface area contributed by atoms with Crippen LogP contribution in [0.15, 0.2) is 25.3 Å². The first-order chi connectivity index (χ1) is 13.7. The number of carbonyl (C=O) groups is 4. The molecule has 170 valence electrons. The van der Waals surface area contributed by atoms with Crippen LogP contribution < -0.4 is 0 Å². The molecule has 0 aromatic heterocycles. The molecule has 0 aliphatic carbocycles. The van der Waals surface area contributed by atoms with Gasteiger partial charge in [-0.3, -0.25) is 9.59 Å². The average molecular weight is 427 g/mol. The van der Waals surface area contributed by atoms with Crippen LogP contribution in [0.1, 0.15) is 67.2 Å². The molecular formula is C22H34O8. The largest absolute Gasteiger partial charge is 0.425 e. The van der Waals surface area contributed by atoms with Crippen molar-refractivity contribution in [1.82, 2.24) is 0 Å². The Morgan fingerprint density at radius 3 is 1.20 bits per heavy atom. The van der Waals surface area contributed by atoms with Crippen molar-refractivity contribution < 1.29 is 38.1 Å². The van der Waals surface area contributed by atoms with Gasteiger partial charge in [-0.1, -0.05) is 54.7 Å². The summed E-state index contributed by atoms with van der Waals surface area (Å²) in [5.41, 5.74) is -1.22. The summed E-state index contributed by atoms with van der Waals surface area (Å²) in [7, 11) is 0. The molecule has 0 rings (SSSR count). The van der Waals surface area contributed by atoms with Gasteiger partial charge < -0.3 is 18.9 Å². The van der Waals surface area contributed by atoms with E-state index in [0.717, 1.165) is 12.2 Å². The zero-order valence-electron chi connectivity index (χ0n) is 18.8. The van der Waals surface area contributed by atoms with Gasteiger partial charge in [0, 0.05) is 35.8 Å². The molecule has 0 aliphatic rings. The lowest BCUT2D eigenvalue weighted by Gasteiger charge is -2.29. The van der Waals surface area contributed by atoms with E-state index in [2.05, 4.69) is 13.2 Å². The predicted octanol–water partition coefficient (Wildman–Crippen LogP) is 3.84. The van der Waals surface area contributed by atoms with Crippen LogP contribution in [-0.2, 0) is 38.1 Å². The number of hydrogen-bond acceptors (Lipinski definition) is 8. The molecule has 0 saturated carbocycles. The molecular weight excluding hydrogens is 392 g/mol. The van der Waals surface area contributed by atoms with Crippen LogP contribution in [0.25, 0.3) is 0 Å². The van der Waals surface area contributed by atoms with Crippen molar-refractivity contribution in [2.75, 3.05) is 0 Å². The fraction of sp³-hybridized carbons (Fsp3) is 0.636. The first-order valence-corrected chi connectivity index (χ1v) is 9.75. The third-order valence-corrected chi connectivity index (χ3v) is 3.68. The molecule has 30 heavy (non-hydrogen) atoms. The smallest absolute Gasteiger partial charge is 0.333 e. The van der Waals surface area contributed by atoms with Crippen LogP contribution in [-0.4, -0.2) is 36.5 Å². The van der Waals surface area contributed by atoms with E-state index in [4.69, 9.17) is 18.9 Å². The average Bonchev–Trinajstić information content (AvgIpc) is 2.62. The van der Waals surface area contributed by atoms with Gasteiger partial charge in [0.05, 0.1) is 0 Å². The lowest BCUT2D eigenvalue weighted by atomic mass is 9.96. The Bertz CT molecular complexity index is 581. The summed E-state index contributed by atoms with van der Waals surface area (Å²) in [5, 5.41) is 0. The standard InChI is InChI=1S/C22H34O8/c1-9-15(23)27-19(21(3,4)5)29-17(25)13-11-12-14-18(26)30-20(22(6,7)8)28-16(24)10-2/h9-10,19-20H,1-2,11-14H2,3-8H3. The van der Waals surface area contributed by atoms with E-state index in [1.54, 1.807) is 41.5 Å². The maximum absolute atomic E-state index is 12.1. The van der Waals surface area contributed by atoms with Crippen LogP contribution in [0, 0.1) is 10.8 Å². The molecule has 8 nitrogen and oxygen atoms in total. The van der Waals surface area contributed by atoms with E-state index < -0.39 is 47.3 Å². The van der Waals surface area contributed by atoms with Crippen LogP contribution >= 0.6 is 0 Å². The Balaban J connectivity index is 4.51. The number of esters is 4. The molecule has 0 radical (unpaired) electrons. The van der Waals surface area contributed by atoms with Gasteiger partial charge in [0.2, 0.25) is 0 Å². The lowest BCUT2D eigenvalue weighted by molar-refractivity contribution is -0.206. The van der Waals surface area contributed by atoms with E-state index in [1.165, 1.54) is 0 Å². The Morgan fingerprint density at radius 2 is 0.967 bits per heavy atom. The molecule has 2 atom stereocenters. The summed E-state index contributed by atoms with van der Waals surface area (Å²) >= 11 is 0. The van der Waals surface area contributed by atoms with Gasteiger partial charge in [-0.2, -0.15) is 0 Å². The van der Waals surface area contributed by atoms with Crippen molar-refractivity contribution in [3.05, 3.63) is 25.3 Å². The van der Waals surface area contributed by atoms with E-state index in [1.807, 2.05) is 0 Å². The van der Waals surface area contributed by atoms with E-state index in [0.29, 0.717) is 12.8 Å². The van der Waals surface area contributed by atoms with Crippen molar-refractivity contribution in [1.29, 1.82) is 0 Å². The van der Waals surface area contributed by atoms with Crippen LogP contribution in [0.3, 0.4) is 0 Å². The first-order valence-electron chi connectivity index (χ1n) is 9.75. The van der Waals surface area contributed by atoms with Gasteiger partial charge in [0.1, 0.15) is 0 Å². The normalized spacial score (nSPS) is 13.4. The number of unbranched alkanes of at least 4 members (excludes halogenated alkanes) is 1. The van der Waals surface area contributed by atoms with Crippen LogP contribution in [0.4, 0.5) is 0 Å². The van der Waals surface area contributed by atoms with Gasteiger partial charge in [0.15, 0.2) is 0 Å². The molecule has 0 amide bonds. The second-order valence-electron chi connectivity index (χ2n) is 8.86. The van der Waals surface area contributed by atoms with Crippen molar-refractivity contribution in [3.8, 4) is 0 Å². The fourth-order valence-corrected chi connectivity index (χ4v) is 1.96. The third kappa shape index (κ3) is 11.4. The summed E-state index contributed by atoms with van der Waals surface area (Å²) in [4.78, 5) is 46.9. The molecule has 0 heterocycles. The number of hydrogen-bond donors (Lipinski definition) is 0. The molecule has 0 N–H and O–H groups in total. The second-order valence-corrected chi connectivity index (χ2v) is 8.86. The summed E-state index contributed by atoms with van der Waals surface area (Å²) in [6.07, 6.45) is 0.712. The highest BCUT2D eigenvalue weighted by Gasteiger charge is 2.32.